The highest BCUT2D eigenvalue weighted by Gasteiger charge is 2.37. The number of Topliss-reactive ketones (excluding diaryl/α,β-unsaturated/α-hetero) is 1. The molecule has 1 aromatic carbocycles. The molecule has 4 nitrogen and oxygen atoms in total. The first-order valence-corrected chi connectivity index (χ1v) is 6.74. The van der Waals surface area contributed by atoms with Crippen LogP contribution in [0.4, 0.5) is 0 Å². The van der Waals surface area contributed by atoms with Crippen molar-refractivity contribution in [1.82, 2.24) is 4.90 Å². The van der Waals surface area contributed by atoms with Crippen LogP contribution >= 0.6 is 0 Å². The van der Waals surface area contributed by atoms with Crippen molar-refractivity contribution in [2.45, 2.75) is 38.8 Å². The minimum absolute atomic E-state index is 0.298. The fraction of sp³-hybridized carbons (Fsp3) is 0.533. The van der Waals surface area contributed by atoms with Gasteiger partial charge in [0.25, 0.3) is 0 Å². The molecule has 0 atom stereocenters. The second-order valence-electron chi connectivity index (χ2n) is 5.69. The summed E-state index contributed by atoms with van der Waals surface area (Å²) in [5, 5.41) is 0. The molecule has 3 rings (SSSR count). The Kier molecular flexibility index (Phi) is 2.97. The average Bonchev–Trinajstić information content (AvgIpc) is 2.83. The molecule has 19 heavy (non-hydrogen) atoms. The quantitative estimate of drug-likeness (QED) is 0.819. The van der Waals surface area contributed by atoms with Crippen LogP contribution in [0.1, 0.15) is 32.3 Å². The fourth-order valence-corrected chi connectivity index (χ4v) is 2.73. The number of benzene rings is 1. The average molecular weight is 261 g/mol. The second kappa shape index (κ2) is 4.53. The minimum atomic E-state index is -0.366. The van der Waals surface area contributed by atoms with Gasteiger partial charge < -0.3 is 9.47 Å². The maximum Gasteiger partial charge on any atom is 0.231 e. The Labute approximate surface area is 113 Å². The van der Waals surface area contributed by atoms with E-state index in [1.165, 1.54) is 0 Å². The third-order valence-electron chi connectivity index (χ3n) is 4.12. The van der Waals surface area contributed by atoms with Gasteiger partial charge in [0.05, 0.1) is 5.54 Å². The van der Waals surface area contributed by atoms with E-state index in [-0.39, 0.29) is 5.54 Å². The smallest absolute Gasteiger partial charge is 0.231 e. The predicted octanol–water partition coefficient (Wildman–Crippen LogP) is 2.36. The summed E-state index contributed by atoms with van der Waals surface area (Å²) in [6.07, 6.45) is 1.65. The lowest BCUT2D eigenvalue weighted by Gasteiger charge is -2.41. The minimum Gasteiger partial charge on any atom is -0.454 e. The van der Waals surface area contributed by atoms with Crippen molar-refractivity contribution in [3.8, 4) is 11.5 Å². The summed E-state index contributed by atoms with van der Waals surface area (Å²) >= 11 is 0. The molecule has 2 aliphatic heterocycles. The molecule has 0 unspecified atom stereocenters. The number of likely N-dealkylation sites (tertiary alicyclic amines) is 1. The highest BCUT2D eigenvalue weighted by molar-refractivity contribution is 5.88. The number of nitrogens with zero attached hydrogens (tertiary/aromatic N) is 1. The van der Waals surface area contributed by atoms with Gasteiger partial charge in [-0.3, -0.25) is 9.69 Å². The Morgan fingerprint density at radius 1 is 1.26 bits per heavy atom. The van der Waals surface area contributed by atoms with Gasteiger partial charge in [0, 0.05) is 13.0 Å². The summed E-state index contributed by atoms with van der Waals surface area (Å²) in [6, 6.07) is 6.00. The van der Waals surface area contributed by atoms with Gasteiger partial charge in [0.1, 0.15) is 0 Å². The van der Waals surface area contributed by atoms with Gasteiger partial charge in [-0.25, -0.2) is 0 Å². The van der Waals surface area contributed by atoms with Crippen LogP contribution in [0.15, 0.2) is 18.2 Å². The molecule has 0 N–H and O–H groups in total. The van der Waals surface area contributed by atoms with Crippen LogP contribution in [0, 0.1) is 0 Å². The number of ketones is 1. The van der Waals surface area contributed by atoms with E-state index in [0.29, 0.717) is 19.0 Å². The third-order valence-corrected chi connectivity index (χ3v) is 4.12. The molecule has 1 fully saturated rings. The van der Waals surface area contributed by atoms with Crippen LogP contribution in [0.25, 0.3) is 0 Å². The molecule has 0 amide bonds. The number of fused-ring (bicyclic) bond motifs is 1. The molecule has 0 saturated carbocycles. The maximum atomic E-state index is 12.0. The number of ether oxygens (including phenoxy) is 2. The summed E-state index contributed by atoms with van der Waals surface area (Å²) in [5.74, 6) is 1.94. The second-order valence-corrected chi connectivity index (χ2v) is 5.69. The van der Waals surface area contributed by atoms with Gasteiger partial charge in [-0.15, -0.1) is 0 Å². The fourth-order valence-electron chi connectivity index (χ4n) is 2.73. The molecular weight excluding hydrogens is 242 g/mol. The van der Waals surface area contributed by atoms with Gasteiger partial charge in [-0.05, 0) is 44.5 Å². The molecule has 1 saturated heterocycles. The van der Waals surface area contributed by atoms with Gasteiger partial charge in [-0.1, -0.05) is 6.07 Å². The normalized spacial score (nSPS) is 21.7. The van der Waals surface area contributed by atoms with Crippen molar-refractivity contribution < 1.29 is 14.3 Å². The summed E-state index contributed by atoms with van der Waals surface area (Å²) < 4.78 is 10.7. The first-order valence-electron chi connectivity index (χ1n) is 6.74. The van der Waals surface area contributed by atoms with Crippen LogP contribution in [0.5, 0.6) is 11.5 Å². The Morgan fingerprint density at radius 2 is 2.05 bits per heavy atom. The first-order chi connectivity index (χ1) is 9.07. The standard InChI is InChI=1S/C15H19NO3/c1-15(2)14(17)4-3-7-16(15)9-11-5-6-12-13(8-11)19-10-18-12/h5-6,8H,3-4,7,9-10H2,1-2H3. The van der Waals surface area contributed by atoms with E-state index >= 15 is 0 Å². The lowest BCUT2D eigenvalue weighted by molar-refractivity contribution is -0.133. The van der Waals surface area contributed by atoms with Crippen LogP contribution < -0.4 is 9.47 Å². The number of hydrogen-bond acceptors (Lipinski definition) is 4. The van der Waals surface area contributed by atoms with Crippen LogP contribution in [0.3, 0.4) is 0 Å². The van der Waals surface area contributed by atoms with Gasteiger partial charge in [0.15, 0.2) is 17.3 Å². The van der Waals surface area contributed by atoms with Crippen molar-refractivity contribution in [3.05, 3.63) is 23.8 Å². The molecule has 0 radical (unpaired) electrons. The lowest BCUT2D eigenvalue weighted by atomic mass is 9.88. The first kappa shape index (κ1) is 12.5. The van der Waals surface area contributed by atoms with E-state index in [2.05, 4.69) is 4.90 Å². The van der Waals surface area contributed by atoms with E-state index in [9.17, 15) is 4.79 Å². The Balaban J connectivity index is 1.79. The summed E-state index contributed by atoms with van der Waals surface area (Å²) in [4.78, 5) is 14.3. The van der Waals surface area contributed by atoms with E-state index in [0.717, 1.165) is 36.6 Å². The number of carbonyl (C=O) groups excluding carboxylic acids is 1. The van der Waals surface area contributed by atoms with Crippen molar-refractivity contribution in [3.63, 3.8) is 0 Å². The maximum absolute atomic E-state index is 12.0. The number of hydrogen-bond donors (Lipinski definition) is 0. The zero-order chi connectivity index (χ0) is 13.5. The molecule has 0 spiro atoms. The molecule has 4 heteroatoms. The van der Waals surface area contributed by atoms with Crippen LogP contribution in [-0.4, -0.2) is 29.6 Å². The molecule has 0 aromatic heterocycles. The number of rotatable bonds is 2. The molecule has 0 bridgehead atoms. The summed E-state index contributed by atoms with van der Waals surface area (Å²) in [7, 11) is 0. The van der Waals surface area contributed by atoms with Crippen molar-refractivity contribution >= 4 is 5.78 Å². The SMILES string of the molecule is CC1(C)C(=O)CCCN1Cc1ccc2c(c1)OCO2. The van der Waals surface area contributed by atoms with E-state index in [1.54, 1.807) is 0 Å². The molecule has 102 valence electrons. The van der Waals surface area contributed by atoms with E-state index < -0.39 is 0 Å². The largest absolute Gasteiger partial charge is 0.454 e. The zero-order valence-electron chi connectivity index (χ0n) is 11.4. The highest BCUT2D eigenvalue weighted by atomic mass is 16.7. The Bertz CT molecular complexity index is 510. The van der Waals surface area contributed by atoms with Crippen molar-refractivity contribution in [1.29, 1.82) is 0 Å². The summed E-state index contributed by atoms with van der Waals surface area (Å²) in [6.45, 7) is 6.07. The molecule has 0 aliphatic carbocycles. The monoisotopic (exact) mass is 261 g/mol. The topological polar surface area (TPSA) is 38.8 Å². The molecule has 2 aliphatic rings. The number of piperidine rings is 1. The zero-order valence-corrected chi connectivity index (χ0v) is 11.4. The van der Waals surface area contributed by atoms with Gasteiger partial charge in [0.2, 0.25) is 6.79 Å². The van der Waals surface area contributed by atoms with Crippen LogP contribution in [-0.2, 0) is 11.3 Å². The van der Waals surface area contributed by atoms with Gasteiger partial charge >= 0.3 is 0 Å². The van der Waals surface area contributed by atoms with Gasteiger partial charge in [-0.2, -0.15) is 0 Å². The lowest BCUT2D eigenvalue weighted by Crippen LogP contribution is -2.53. The Hall–Kier alpha value is -1.55. The van der Waals surface area contributed by atoms with Crippen LogP contribution in [0.2, 0.25) is 0 Å². The Morgan fingerprint density at radius 3 is 2.89 bits per heavy atom. The molecule has 1 aromatic rings. The van der Waals surface area contributed by atoms with Crippen molar-refractivity contribution in [2.24, 2.45) is 0 Å². The van der Waals surface area contributed by atoms with Crippen molar-refractivity contribution in [2.75, 3.05) is 13.3 Å². The predicted molar refractivity (Wildman–Crippen MR) is 71.3 cm³/mol. The molecule has 2 heterocycles. The third kappa shape index (κ3) is 2.21. The summed E-state index contributed by atoms with van der Waals surface area (Å²) in [5.41, 5.74) is 0.793. The van der Waals surface area contributed by atoms with E-state index in [4.69, 9.17) is 9.47 Å². The molecular formula is C15H19NO3. The van der Waals surface area contributed by atoms with E-state index in [1.807, 2.05) is 32.0 Å². The number of carbonyl (C=O) groups is 1. The highest BCUT2D eigenvalue weighted by Crippen LogP contribution is 2.34.